The molecule has 6 heteroatoms. The normalized spacial score (nSPS) is 11.1. The van der Waals surface area contributed by atoms with Crippen molar-refractivity contribution >= 4 is 21.6 Å². The molecule has 0 unspecified atom stereocenters. The minimum atomic E-state index is -3.89. The highest BCUT2D eigenvalue weighted by molar-refractivity contribution is 7.89. The highest BCUT2D eigenvalue weighted by Gasteiger charge is 2.28. The van der Waals surface area contributed by atoms with Crippen LogP contribution in [0, 0.1) is 0 Å². The Hall–Kier alpha value is -2.34. The summed E-state index contributed by atoms with van der Waals surface area (Å²) < 4.78 is 26.0. The lowest BCUT2D eigenvalue weighted by molar-refractivity contribution is 0.0866. The summed E-state index contributed by atoms with van der Waals surface area (Å²) in [6.45, 7) is 1.68. The van der Waals surface area contributed by atoms with Crippen LogP contribution in [0.15, 0.2) is 59.5 Å². The number of anilines is 1. The Morgan fingerprint density at radius 1 is 1.05 bits per heavy atom. The minimum Gasteiger partial charge on any atom is -0.399 e. The van der Waals surface area contributed by atoms with Crippen molar-refractivity contribution in [3.05, 3.63) is 60.2 Å². The zero-order chi connectivity index (χ0) is 15.5. The average Bonchev–Trinajstić information content (AvgIpc) is 2.49. The number of rotatable bonds is 4. The van der Waals surface area contributed by atoms with Gasteiger partial charge in [0, 0.05) is 17.8 Å². The fourth-order valence-electron chi connectivity index (χ4n) is 1.91. The predicted octanol–water partition coefficient (Wildman–Crippen LogP) is 2.12. The molecule has 0 saturated heterocycles. The summed E-state index contributed by atoms with van der Waals surface area (Å²) in [5, 5.41) is 0. The summed E-state index contributed by atoms with van der Waals surface area (Å²) in [5.41, 5.74) is 6.35. The fourth-order valence-corrected chi connectivity index (χ4v) is 3.31. The van der Waals surface area contributed by atoms with E-state index in [4.69, 9.17) is 5.73 Å². The Balaban J connectivity index is 2.41. The maximum absolute atomic E-state index is 12.6. The van der Waals surface area contributed by atoms with Crippen LogP contribution in [0.25, 0.3) is 0 Å². The molecule has 21 heavy (non-hydrogen) atoms. The number of carbonyl (C=O) groups is 1. The van der Waals surface area contributed by atoms with E-state index in [1.54, 1.807) is 37.3 Å². The van der Waals surface area contributed by atoms with Crippen molar-refractivity contribution in [3.8, 4) is 0 Å². The van der Waals surface area contributed by atoms with Gasteiger partial charge in [0.1, 0.15) is 0 Å². The van der Waals surface area contributed by atoms with Crippen molar-refractivity contribution in [1.29, 1.82) is 0 Å². The summed E-state index contributed by atoms with van der Waals surface area (Å²) in [6.07, 6.45) is 0. The second-order valence-electron chi connectivity index (χ2n) is 4.41. The van der Waals surface area contributed by atoms with Gasteiger partial charge in [0.25, 0.3) is 15.9 Å². The van der Waals surface area contributed by atoms with Crippen LogP contribution in [0.4, 0.5) is 5.69 Å². The first kappa shape index (κ1) is 15.1. The van der Waals surface area contributed by atoms with Gasteiger partial charge in [-0.25, -0.2) is 12.7 Å². The standard InChI is InChI=1S/C15H16N2O3S/c1-2-17(15(18)12-6-4-3-5-7-12)21(19,20)14-10-8-13(16)9-11-14/h3-11H,2,16H2,1H3. The van der Waals surface area contributed by atoms with Crippen LogP contribution in [0.1, 0.15) is 17.3 Å². The van der Waals surface area contributed by atoms with Crippen molar-refractivity contribution in [2.24, 2.45) is 0 Å². The molecule has 5 nitrogen and oxygen atoms in total. The van der Waals surface area contributed by atoms with Crippen molar-refractivity contribution in [2.75, 3.05) is 12.3 Å². The number of hydrogen-bond acceptors (Lipinski definition) is 4. The SMILES string of the molecule is CCN(C(=O)c1ccccc1)S(=O)(=O)c1ccc(N)cc1. The minimum absolute atomic E-state index is 0.0443. The van der Waals surface area contributed by atoms with Gasteiger partial charge in [0.2, 0.25) is 0 Å². The van der Waals surface area contributed by atoms with Gasteiger partial charge < -0.3 is 5.73 Å². The van der Waals surface area contributed by atoms with Crippen molar-refractivity contribution in [1.82, 2.24) is 4.31 Å². The zero-order valence-electron chi connectivity index (χ0n) is 11.6. The molecule has 0 aliphatic carbocycles. The van der Waals surface area contributed by atoms with Crippen LogP contribution in [0.3, 0.4) is 0 Å². The summed E-state index contributed by atoms with van der Waals surface area (Å²) in [7, 11) is -3.89. The molecule has 0 heterocycles. The Morgan fingerprint density at radius 3 is 2.14 bits per heavy atom. The molecule has 0 fully saturated rings. The number of nitrogens with zero attached hydrogens (tertiary/aromatic N) is 1. The molecule has 2 rings (SSSR count). The molecular weight excluding hydrogens is 288 g/mol. The number of carbonyl (C=O) groups excluding carboxylic acids is 1. The number of benzene rings is 2. The molecule has 0 aromatic heterocycles. The molecule has 0 spiro atoms. The molecule has 0 saturated carbocycles. The fraction of sp³-hybridized carbons (Fsp3) is 0.133. The Kier molecular flexibility index (Phi) is 4.28. The molecule has 2 aromatic rings. The smallest absolute Gasteiger partial charge is 0.267 e. The molecular formula is C15H16N2O3S. The molecule has 1 amide bonds. The van der Waals surface area contributed by atoms with Gasteiger partial charge in [0.05, 0.1) is 4.90 Å². The molecule has 0 atom stereocenters. The first-order valence-corrected chi connectivity index (χ1v) is 7.88. The molecule has 0 bridgehead atoms. The summed E-state index contributed by atoms with van der Waals surface area (Å²) >= 11 is 0. The van der Waals surface area contributed by atoms with Gasteiger partial charge in [0.15, 0.2) is 0 Å². The maximum atomic E-state index is 12.6. The molecule has 2 N–H and O–H groups in total. The first-order chi connectivity index (χ1) is 9.96. The number of sulfonamides is 1. The van der Waals surface area contributed by atoms with E-state index in [9.17, 15) is 13.2 Å². The highest BCUT2D eigenvalue weighted by atomic mass is 32.2. The summed E-state index contributed by atoms with van der Waals surface area (Å²) in [6, 6.07) is 14.1. The van der Waals surface area contributed by atoms with Crippen LogP contribution in [0.2, 0.25) is 0 Å². The predicted molar refractivity (Wildman–Crippen MR) is 81.2 cm³/mol. The van der Waals surface area contributed by atoms with Crippen LogP contribution in [-0.4, -0.2) is 25.2 Å². The van der Waals surface area contributed by atoms with Gasteiger partial charge in [-0.15, -0.1) is 0 Å². The van der Waals surface area contributed by atoms with Crippen LogP contribution < -0.4 is 5.73 Å². The molecule has 0 aliphatic rings. The molecule has 110 valence electrons. The number of hydrogen-bond donors (Lipinski definition) is 1. The van der Waals surface area contributed by atoms with Gasteiger partial charge in [-0.1, -0.05) is 18.2 Å². The lowest BCUT2D eigenvalue weighted by Gasteiger charge is -2.21. The third-order valence-corrected chi connectivity index (χ3v) is 4.87. The lowest BCUT2D eigenvalue weighted by Crippen LogP contribution is -2.36. The molecule has 0 radical (unpaired) electrons. The average molecular weight is 304 g/mol. The second-order valence-corrected chi connectivity index (χ2v) is 6.27. The second kappa shape index (κ2) is 5.97. The lowest BCUT2D eigenvalue weighted by atomic mass is 10.2. The van der Waals surface area contributed by atoms with Gasteiger partial charge >= 0.3 is 0 Å². The van der Waals surface area contributed by atoms with Crippen LogP contribution in [0.5, 0.6) is 0 Å². The van der Waals surface area contributed by atoms with Gasteiger partial charge in [-0.05, 0) is 43.3 Å². The Labute approximate surface area is 124 Å². The highest BCUT2D eigenvalue weighted by Crippen LogP contribution is 2.19. The number of amides is 1. The topological polar surface area (TPSA) is 80.5 Å². The van der Waals surface area contributed by atoms with Crippen molar-refractivity contribution in [3.63, 3.8) is 0 Å². The monoisotopic (exact) mass is 304 g/mol. The third kappa shape index (κ3) is 3.05. The maximum Gasteiger partial charge on any atom is 0.267 e. The van der Waals surface area contributed by atoms with E-state index in [1.165, 1.54) is 24.3 Å². The van der Waals surface area contributed by atoms with E-state index in [0.717, 1.165) is 4.31 Å². The quantitative estimate of drug-likeness (QED) is 0.877. The molecule has 2 aromatic carbocycles. The van der Waals surface area contributed by atoms with Crippen molar-refractivity contribution in [2.45, 2.75) is 11.8 Å². The Bertz CT molecular complexity index is 725. The van der Waals surface area contributed by atoms with Crippen molar-refractivity contribution < 1.29 is 13.2 Å². The van der Waals surface area contributed by atoms with E-state index >= 15 is 0 Å². The van der Waals surface area contributed by atoms with Gasteiger partial charge in [-0.2, -0.15) is 0 Å². The van der Waals surface area contributed by atoms with E-state index in [0.29, 0.717) is 11.3 Å². The third-order valence-electron chi connectivity index (χ3n) is 3.00. The van der Waals surface area contributed by atoms with E-state index in [1.807, 2.05) is 0 Å². The molecule has 0 aliphatic heterocycles. The first-order valence-electron chi connectivity index (χ1n) is 6.44. The van der Waals surface area contributed by atoms with E-state index < -0.39 is 15.9 Å². The van der Waals surface area contributed by atoms with Crippen LogP contribution >= 0.6 is 0 Å². The largest absolute Gasteiger partial charge is 0.399 e. The summed E-state index contributed by atoms with van der Waals surface area (Å²) in [4.78, 5) is 12.4. The van der Waals surface area contributed by atoms with Gasteiger partial charge in [-0.3, -0.25) is 4.79 Å². The number of nitrogens with two attached hydrogens (primary N) is 1. The van der Waals surface area contributed by atoms with E-state index in [-0.39, 0.29) is 11.4 Å². The number of nitrogen functional groups attached to an aromatic ring is 1. The zero-order valence-corrected chi connectivity index (χ0v) is 12.4. The van der Waals surface area contributed by atoms with E-state index in [2.05, 4.69) is 0 Å². The van der Waals surface area contributed by atoms with Crippen LogP contribution in [-0.2, 0) is 10.0 Å². The summed E-state index contributed by atoms with van der Waals surface area (Å²) in [5.74, 6) is -0.546. The Morgan fingerprint density at radius 2 is 1.62 bits per heavy atom.